The molecule has 1 fully saturated rings. The highest BCUT2D eigenvalue weighted by Gasteiger charge is 2.15. The Morgan fingerprint density at radius 1 is 1.27 bits per heavy atom. The fraction of sp³-hybridized carbons (Fsp3) is 0.846. The van der Waals surface area contributed by atoms with E-state index in [1.165, 1.54) is 38.9 Å². The van der Waals surface area contributed by atoms with E-state index in [4.69, 9.17) is 0 Å². The Hall–Kier alpha value is -0.520. The zero-order valence-corrected chi connectivity index (χ0v) is 10.2. The van der Waals surface area contributed by atoms with Gasteiger partial charge < -0.3 is 10.2 Å². The Balaban J connectivity index is 1.93. The molecule has 1 N–H and O–H groups in total. The van der Waals surface area contributed by atoms with Crippen molar-refractivity contribution in [2.75, 3.05) is 33.2 Å². The van der Waals surface area contributed by atoms with Gasteiger partial charge in [-0.05, 0) is 58.8 Å². The Kier molecular flexibility index (Phi) is 6.47. The molecule has 0 aromatic rings. The van der Waals surface area contributed by atoms with Gasteiger partial charge in [-0.2, -0.15) is 0 Å². The number of likely N-dealkylation sites (tertiary alicyclic amines) is 1. The number of hydrogen-bond acceptors (Lipinski definition) is 2. The van der Waals surface area contributed by atoms with Crippen molar-refractivity contribution in [1.29, 1.82) is 0 Å². The van der Waals surface area contributed by atoms with Gasteiger partial charge in [-0.25, -0.2) is 0 Å². The molecule has 1 aliphatic heterocycles. The monoisotopic (exact) mass is 208 g/mol. The van der Waals surface area contributed by atoms with E-state index in [9.17, 15) is 0 Å². The van der Waals surface area contributed by atoms with Crippen LogP contribution in [-0.2, 0) is 0 Å². The normalized spacial score (nSPS) is 18.5. The summed E-state index contributed by atoms with van der Waals surface area (Å²) in [6.45, 7) is 6.68. The van der Waals surface area contributed by atoms with Crippen LogP contribution in [0.2, 0.25) is 0 Å². The van der Waals surface area contributed by atoms with Crippen molar-refractivity contribution in [3.05, 3.63) is 0 Å². The van der Waals surface area contributed by atoms with Crippen molar-refractivity contribution in [2.24, 2.45) is 5.92 Å². The zero-order chi connectivity index (χ0) is 10.9. The van der Waals surface area contributed by atoms with Crippen molar-refractivity contribution in [1.82, 2.24) is 10.2 Å². The third-order valence-electron chi connectivity index (χ3n) is 3.17. The molecule has 2 heteroatoms. The van der Waals surface area contributed by atoms with Crippen LogP contribution in [0.5, 0.6) is 0 Å². The molecule has 1 rings (SSSR count). The van der Waals surface area contributed by atoms with E-state index in [2.05, 4.69) is 29.1 Å². The SMILES string of the molecule is CC#CCCNCCC1CCN(C)CC1. The van der Waals surface area contributed by atoms with E-state index < -0.39 is 0 Å². The molecular formula is C13H24N2. The van der Waals surface area contributed by atoms with Gasteiger partial charge in [-0.3, -0.25) is 0 Å². The topological polar surface area (TPSA) is 15.3 Å². The van der Waals surface area contributed by atoms with Gasteiger partial charge in [-0.1, -0.05) is 0 Å². The number of piperidine rings is 1. The maximum Gasteiger partial charge on any atom is 0.0214 e. The van der Waals surface area contributed by atoms with Gasteiger partial charge in [0.15, 0.2) is 0 Å². The summed E-state index contributed by atoms with van der Waals surface area (Å²) in [7, 11) is 2.22. The highest BCUT2D eigenvalue weighted by Crippen LogP contribution is 2.18. The van der Waals surface area contributed by atoms with Crippen LogP contribution < -0.4 is 5.32 Å². The second-order valence-corrected chi connectivity index (χ2v) is 4.46. The molecule has 0 aromatic heterocycles. The summed E-state index contributed by atoms with van der Waals surface area (Å²) in [5, 5.41) is 3.46. The van der Waals surface area contributed by atoms with Gasteiger partial charge in [0.25, 0.3) is 0 Å². The average Bonchev–Trinajstić information content (AvgIpc) is 2.26. The summed E-state index contributed by atoms with van der Waals surface area (Å²) in [4.78, 5) is 2.43. The first-order valence-electron chi connectivity index (χ1n) is 6.12. The van der Waals surface area contributed by atoms with Crippen molar-refractivity contribution in [3.63, 3.8) is 0 Å². The molecule has 0 unspecified atom stereocenters. The molecular weight excluding hydrogens is 184 g/mol. The molecule has 1 saturated heterocycles. The average molecular weight is 208 g/mol. The van der Waals surface area contributed by atoms with E-state index in [0.29, 0.717) is 0 Å². The summed E-state index contributed by atoms with van der Waals surface area (Å²) in [5.41, 5.74) is 0. The molecule has 0 amide bonds. The van der Waals surface area contributed by atoms with Gasteiger partial charge in [0.2, 0.25) is 0 Å². The molecule has 0 spiro atoms. The summed E-state index contributed by atoms with van der Waals surface area (Å²) in [5.74, 6) is 6.94. The van der Waals surface area contributed by atoms with Crippen LogP contribution in [0.15, 0.2) is 0 Å². The third kappa shape index (κ3) is 5.81. The number of rotatable bonds is 5. The fourth-order valence-electron chi connectivity index (χ4n) is 2.06. The van der Waals surface area contributed by atoms with E-state index in [0.717, 1.165) is 18.9 Å². The van der Waals surface area contributed by atoms with Gasteiger partial charge in [0, 0.05) is 13.0 Å². The first kappa shape index (κ1) is 12.5. The molecule has 0 aliphatic carbocycles. The lowest BCUT2D eigenvalue weighted by atomic mass is 9.94. The minimum absolute atomic E-state index is 0.950. The predicted molar refractivity (Wildman–Crippen MR) is 65.8 cm³/mol. The smallest absolute Gasteiger partial charge is 0.0214 e. The molecule has 15 heavy (non-hydrogen) atoms. The maximum atomic E-state index is 3.46. The van der Waals surface area contributed by atoms with Crippen LogP contribution in [0.1, 0.15) is 32.6 Å². The number of nitrogens with zero attached hydrogens (tertiary/aromatic N) is 1. The Labute approximate surface area is 94.4 Å². The lowest BCUT2D eigenvalue weighted by Gasteiger charge is -2.28. The molecule has 1 aliphatic rings. The first-order valence-corrected chi connectivity index (χ1v) is 6.12. The standard InChI is InChI=1S/C13H24N2/c1-3-4-5-9-14-10-6-13-7-11-15(2)12-8-13/h13-14H,5-12H2,1-2H3. The molecule has 0 radical (unpaired) electrons. The minimum Gasteiger partial charge on any atom is -0.316 e. The summed E-state index contributed by atoms with van der Waals surface area (Å²) >= 11 is 0. The predicted octanol–water partition coefficient (Wildman–Crippen LogP) is 1.72. The molecule has 0 saturated carbocycles. The van der Waals surface area contributed by atoms with Gasteiger partial charge in [-0.15, -0.1) is 11.8 Å². The molecule has 0 bridgehead atoms. The van der Waals surface area contributed by atoms with Gasteiger partial charge in [0.05, 0.1) is 0 Å². The van der Waals surface area contributed by atoms with Crippen molar-refractivity contribution in [3.8, 4) is 11.8 Å². The van der Waals surface area contributed by atoms with Crippen LogP contribution in [-0.4, -0.2) is 38.1 Å². The minimum atomic E-state index is 0.950. The molecule has 86 valence electrons. The van der Waals surface area contributed by atoms with E-state index in [-0.39, 0.29) is 0 Å². The Morgan fingerprint density at radius 3 is 2.67 bits per heavy atom. The summed E-state index contributed by atoms with van der Waals surface area (Å²) < 4.78 is 0. The van der Waals surface area contributed by atoms with E-state index in [1.54, 1.807) is 0 Å². The lowest BCUT2D eigenvalue weighted by molar-refractivity contribution is 0.212. The van der Waals surface area contributed by atoms with Crippen LogP contribution in [0.25, 0.3) is 0 Å². The van der Waals surface area contributed by atoms with Crippen LogP contribution in [0, 0.1) is 17.8 Å². The van der Waals surface area contributed by atoms with Crippen LogP contribution in [0.4, 0.5) is 0 Å². The van der Waals surface area contributed by atoms with Crippen molar-refractivity contribution < 1.29 is 0 Å². The quantitative estimate of drug-likeness (QED) is 0.547. The van der Waals surface area contributed by atoms with Crippen molar-refractivity contribution in [2.45, 2.75) is 32.6 Å². The van der Waals surface area contributed by atoms with Gasteiger partial charge >= 0.3 is 0 Å². The highest BCUT2D eigenvalue weighted by molar-refractivity contribution is 4.95. The van der Waals surface area contributed by atoms with Crippen LogP contribution in [0.3, 0.4) is 0 Å². The molecule has 0 aromatic carbocycles. The maximum absolute atomic E-state index is 3.46. The zero-order valence-electron chi connectivity index (χ0n) is 10.2. The van der Waals surface area contributed by atoms with E-state index >= 15 is 0 Å². The first-order chi connectivity index (χ1) is 7.33. The second-order valence-electron chi connectivity index (χ2n) is 4.46. The summed E-state index contributed by atoms with van der Waals surface area (Å²) in [6.07, 6.45) is 5.09. The molecule has 2 nitrogen and oxygen atoms in total. The largest absolute Gasteiger partial charge is 0.316 e. The molecule has 0 atom stereocenters. The van der Waals surface area contributed by atoms with Crippen LogP contribution >= 0.6 is 0 Å². The number of hydrogen-bond donors (Lipinski definition) is 1. The fourth-order valence-corrected chi connectivity index (χ4v) is 2.06. The van der Waals surface area contributed by atoms with E-state index in [1.807, 2.05) is 6.92 Å². The molecule has 1 heterocycles. The number of nitrogens with one attached hydrogen (secondary N) is 1. The lowest BCUT2D eigenvalue weighted by Crippen LogP contribution is -2.31. The third-order valence-corrected chi connectivity index (χ3v) is 3.17. The highest BCUT2D eigenvalue weighted by atomic mass is 15.1. The van der Waals surface area contributed by atoms with Gasteiger partial charge in [0.1, 0.15) is 0 Å². The summed E-state index contributed by atoms with van der Waals surface area (Å²) in [6, 6.07) is 0. The Morgan fingerprint density at radius 2 is 2.00 bits per heavy atom. The Bertz CT molecular complexity index is 206. The van der Waals surface area contributed by atoms with Crippen molar-refractivity contribution >= 4 is 0 Å². The second kappa shape index (κ2) is 7.73.